The van der Waals surface area contributed by atoms with E-state index in [1.807, 2.05) is 12.1 Å². The molecule has 0 aliphatic rings. The van der Waals surface area contributed by atoms with Crippen molar-refractivity contribution in [3.63, 3.8) is 0 Å². The first kappa shape index (κ1) is 19.5. The third-order valence-electron chi connectivity index (χ3n) is 4.29. The summed E-state index contributed by atoms with van der Waals surface area (Å²) in [6.45, 7) is 3.34. The van der Waals surface area contributed by atoms with E-state index in [0.717, 1.165) is 17.6 Å². The van der Waals surface area contributed by atoms with Crippen LogP contribution in [0.3, 0.4) is 0 Å². The molecule has 0 bridgehead atoms. The van der Waals surface area contributed by atoms with E-state index in [0.29, 0.717) is 22.2 Å². The Balaban J connectivity index is 1.73. The molecule has 1 atom stereocenters. The van der Waals surface area contributed by atoms with E-state index in [1.54, 1.807) is 26.0 Å². The van der Waals surface area contributed by atoms with E-state index in [9.17, 15) is 22.8 Å². The minimum atomic E-state index is -4.77. The van der Waals surface area contributed by atoms with Gasteiger partial charge in [-0.15, -0.1) is 13.2 Å². The summed E-state index contributed by atoms with van der Waals surface area (Å²) in [4.78, 5) is 28.1. The number of benzene rings is 2. The van der Waals surface area contributed by atoms with Crippen molar-refractivity contribution >= 4 is 22.6 Å². The Kier molecular flexibility index (Phi) is 5.13. The zero-order chi connectivity index (χ0) is 20.5. The average Bonchev–Trinajstić information content (AvgIpc) is 2.95. The Bertz CT molecular complexity index is 1020. The van der Waals surface area contributed by atoms with E-state index in [-0.39, 0.29) is 5.75 Å². The van der Waals surface area contributed by atoms with Crippen LogP contribution in [-0.2, 0) is 4.79 Å². The molecule has 3 aromatic rings. The molecule has 0 radical (unpaired) electrons. The number of ether oxygens (including phenoxy) is 1. The normalized spacial score (nSPS) is 12.6. The number of para-hydroxylation sites is 1. The van der Waals surface area contributed by atoms with Crippen molar-refractivity contribution in [2.75, 3.05) is 0 Å². The molecule has 5 nitrogen and oxygen atoms in total. The smallest absolute Gasteiger partial charge is 0.406 e. The van der Waals surface area contributed by atoms with Gasteiger partial charge in [-0.1, -0.05) is 30.3 Å². The van der Waals surface area contributed by atoms with E-state index < -0.39 is 24.1 Å². The number of hydrogen-bond acceptors (Lipinski definition) is 3. The zero-order valence-corrected chi connectivity index (χ0v) is 15.1. The summed E-state index contributed by atoms with van der Waals surface area (Å²) in [7, 11) is 0. The van der Waals surface area contributed by atoms with Crippen LogP contribution in [0.2, 0.25) is 0 Å². The molecule has 0 aliphatic heterocycles. The summed E-state index contributed by atoms with van der Waals surface area (Å²) in [6, 6.07) is 11.7. The van der Waals surface area contributed by atoms with Crippen molar-refractivity contribution < 1.29 is 27.5 Å². The lowest BCUT2D eigenvalue weighted by Crippen LogP contribution is -2.33. The first-order valence-electron chi connectivity index (χ1n) is 8.44. The molecular formula is C20H17F3N2O3. The van der Waals surface area contributed by atoms with Gasteiger partial charge in [0.15, 0.2) is 0 Å². The third kappa shape index (κ3) is 4.16. The fraction of sp³-hybridized carbons (Fsp3) is 0.200. The van der Waals surface area contributed by atoms with Crippen molar-refractivity contribution in [2.24, 2.45) is 0 Å². The Labute approximate surface area is 158 Å². The lowest BCUT2D eigenvalue weighted by molar-refractivity contribution is -0.274. The number of halogens is 3. The van der Waals surface area contributed by atoms with Gasteiger partial charge in [0.1, 0.15) is 5.75 Å². The predicted molar refractivity (Wildman–Crippen MR) is 97.0 cm³/mol. The summed E-state index contributed by atoms with van der Waals surface area (Å²) in [5.74, 6) is -1.84. The molecule has 0 aliphatic carbocycles. The molecule has 0 saturated carbocycles. The second-order valence-electron chi connectivity index (χ2n) is 6.31. The van der Waals surface area contributed by atoms with Crippen LogP contribution in [0.25, 0.3) is 10.9 Å². The number of ketones is 1. The Morgan fingerprint density at radius 1 is 1.07 bits per heavy atom. The summed E-state index contributed by atoms with van der Waals surface area (Å²) >= 11 is 0. The van der Waals surface area contributed by atoms with Gasteiger partial charge in [-0.2, -0.15) is 0 Å². The highest BCUT2D eigenvalue weighted by Crippen LogP contribution is 2.25. The van der Waals surface area contributed by atoms with Gasteiger partial charge in [0.25, 0.3) is 11.7 Å². The third-order valence-corrected chi connectivity index (χ3v) is 4.29. The number of nitrogens with one attached hydrogen (secondary N) is 2. The van der Waals surface area contributed by atoms with E-state index in [2.05, 4.69) is 15.0 Å². The van der Waals surface area contributed by atoms with Crippen molar-refractivity contribution in [3.8, 4) is 5.75 Å². The number of fused-ring (bicyclic) bond motifs is 1. The van der Waals surface area contributed by atoms with Gasteiger partial charge < -0.3 is 15.0 Å². The molecule has 1 unspecified atom stereocenters. The summed E-state index contributed by atoms with van der Waals surface area (Å²) in [5, 5.41) is 3.23. The van der Waals surface area contributed by atoms with Crippen molar-refractivity contribution in [2.45, 2.75) is 26.3 Å². The Morgan fingerprint density at radius 2 is 1.71 bits per heavy atom. The maximum atomic E-state index is 12.6. The van der Waals surface area contributed by atoms with Gasteiger partial charge in [-0.3, -0.25) is 9.59 Å². The van der Waals surface area contributed by atoms with Crippen molar-refractivity contribution in [1.29, 1.82) is 0 Å². The number of Topliss-reactive ketones (excluding diaryl/α,β-unsaturated/α-hetero) is 1. The molecule has 0 saturated heterocycles. The molecule has 146 valence electrons. The van der Waals surface area contributed by atoms with Gasteiger partial charge in [0.2, 0.25) is 0 Å². The van der Waals surface area contributed by atoms with Crippen LogP contribution in [0.1, 0.15) is 34.6 Å². The highest BCUT2D eigenvalue weighted by Gasteiger charge is 2.31. The second kappa shape index (κ2) is 7.38. The van der Waals surface area contributed by atoms with Crippen LogP contribution >= 0.6 is 0 Å². The zero-order valence-electron chi connectivity index (χ0n) is 15.1. The number of carbonyl (C=O) groups excluding carboxylic acids is 2. The van der Waals surface area contributed by atoms with Crippen molar-refractivity contribution in [3.05, 3.63) is 65.4 Å². The highest BCUT2D eigenvalue weighted by molar-refractivity contribution is 6.45. The highest BCUT2D eigenvalue weighted by atomic mass is 19.4. The van der Waals surface area contributed by atoms with Crippen LogP contribution in [0.15, 0.2) is 48.5 Å². The van der Waals surface area contributed by atoms with Gasteiger partial charge in [0.05, 0.1) is 11.6 Å². The van der Waals surface area contributed by atoms with E-state index in [1.165, 1.54) is 12.1 Å². The van der Waals surface area contributed by atoms with Crippen LogP contribution in [0.5, 0.6) is 5.75 Å². The summed E-state index contributed by atoms with van der Waals surface area (Å²) in [6.07, 6.45) is -4.77. The predicted octanol–water partition coefficient (Wildman–Crippen LogP) is 4.44. The lowest BCUT2D eigenvalue weighted by atomic mass is 10.0. The van der Waals surface area contributed by atoms with Gasteiger partial charge >= 0.3 is 6.36 Å². The summed E-state index contributed by atoms with van der Waals surface area (Å²) in [5.41, 5.74) is 2.17. The van der Waals surface area contributed by atoms with Crippen LogP contribution in [0, 0.1) is 6.92 Å². The number of amides is 1. The van der Waals surface area contributed by atoms with Gasteiger partial charge in [-0.25, -0.2) is 0 Å². The van der Waals surface area contributed by atoms with Crippen molar-refractivity contribution in [1.82, 2.24) is 10.3 Å². The number of alkyl halides is 3. The van der Waals surface area contributed by atoms with Gasteiger partial charge in [-0.05, 0) is 37.6 Å². The van der Waals surface area contributed by atoms with Crippen LogP contribution in [0.4, 0.5) is 13.2 Å². The first-order chi connectivity index (χ1) is 13.2. The Morgan fingerprint density at radius 3 is 2.36 bits per heavy atom. The Hall–Kier alpha value is -3.29. The van der Waals surface area contributed by atoms with Crippen LogP contribution in [-0.4, -0.2) is 23.0 Å². The second-order valence-corrected chi connectivity index (χ2v) is 6.31. The fourth-order valence-corrected chi connectivity index (χ4v) is 2.99. The fourth-order valence-electron chi connectivity index (χ4n) is 2.99. The number of carbonyl (C=O) groups is 2. The molecule has 8 heteroatoms. The molecule has 0 spiro atoms. The average molecular weight is 390 g/mol. The number of rotatable bonds is 5. The van der Waals surface area contributed by atoms with Gasteiger partial charge in [0, 0.05) is 16.6 Å². The number of aromatic nitrogens is 1. The number of hydrogen-bond donors (Lipinski definition) is 2. The first-order valence-corrected chi connectivity index (χ1v) is 8.44. The number of aromatic amines is 1. The number of H-pyrrole nitrogens is 1. The molecular weight excluding hydrogens is 373 g/mol. The SMILES string of the molecule is Cc1[nH]c2ccccc2c1C(=O)C(=O)NC(C)c1ccc(OC(F)(F)F)cc1. The van der Waals surface area contributed by atoms with E-state index >= 15 is 0 Å². The molecule has 1 heterocycles. The molecule has 1 amide bonds. The standard InChI is InChI=1S/C20H17F3N2O3/c1-11(13-7-9-14(10-8-13)28-20(21,22)23)25-19(27)18(26)17-12(2)24-16-6-4-3-5-15(16)17/h3-11,24H,1-2H3,(H,25,27). The maximum absolute atomic E-state index is 12.6. The molecule has 3 rings (SSSR count). The minimum Gasteiger partial charge on any atom is -0.406 e. The summed E-state index contributed by atoms with van der Waals surface area (Å²) < 4.78 is 40.5. The minimum absolute atomic E-state index is 0.300. The lowest BCUT2D eigenvalue weighted by Gasteiger charge is -2.15. The maximum Gasteiger partial charge on any atom is 0.573 e. The van der Waals surface area contributed by atoms with Crippen LogP contribution < -0.4 is 10.1 Å². The molecule has 1 aromatic heterocycles. The quantitative estimate of drug-likeness (QED) is 0.500. The molecule has 0 fully saturated rings. The topological polar surface area (TPSA) is 71.2 Å². The monoisotopic (exact) mass is 390 g/mol. The molecule has 28 heavy (non-hydrogen) atoms. The molecule has 2 N–H and O–H groups in total. The molecule has 2 aromatic carbocycles. The number of aryl methyl sites for hydroxylation is 1. The van der Waals surface area contributed by atoms with E-state index in [4.69, 9.17) is 0 Å². The largest absolute Gasteiger partial charge is 0.573 e.